The number of hydrogen-bond acceptors (Lipinski definition) is 3. The zero-order chi connectivity index (χ0) is 23.2. The van der Waals surface area contributed by atoms with E-state index in [0.29, 0.717) is 0 Å². The summed E-state index contributed by atoms with van der Waals surface area (Å²) in [6.07, 6.45) is 21.1. The Kier molecular flexibility index (Phi) is 19.2. The van der Waals surface area contributed by atoms with Crippen molar-refractivity contribution in [3.63, 3.8) is 0 Å². The molecule has 5 heteroatoms. The second kappa shape index (κ2) is 20.3. The maximum atomic E-state index is 11.4. The molecule has 0 aliphatic heterocycles. The van der Waals surface area contributed by atoms with E-state index in [4.69, 9.17) is 15.4 Å². The molecule has 0 unspecified atom stereocenters. The van der Waals surface area contributed by atoms with Crippen molar-refractivity contribution in [1.82, 2.24) is 0 Å². The highest BCUT2D eigenvalue weighted by Gasteiger charge is 2.14. The van der Waals surface area contributed by atoms with Crippen molar-refractivity contribution in [2.24, 2.45) is 0 Å². The summed E-state index contributed by atoms with van der Waals surface area (Å²) in [6.45, 7) is 4.77. The van der Waals surface area contributed by atoms with Crippen LogP contribution in [0.4, 0.5) is 0 Å². The lowest BCUT2D eigenvalue weighted by molar-refractivity contribution is -0.890. The van der Waals surface area contributed by atoms with Gasteiger partial charge in [-0.15, -0.1) is 0 Å². The molecule has 0 heterocycles. The molecular formula is C26H47N3O2. The number of unbranched alkanes of at least 4 members (excludes halogenated alkanes) is 14. The van der Waals surface area contributed by atoms with Gasteiger partial charge in [-0.05, 0) is 25.7 Å². The summed E-state index contributed by atoms with van der Waals surface area (Å²) < 4.78 is 5.95. The molecule has 0 aromatic rings. The summed E-state index contributed by atoms with van der Waals surface area (Å²) >= 11 is 0. The molecule has 0 rings (SSSR count). The molecular weight excluding hydrogens is 386 g/mol. The Morgan fingerprint density at radius 3 is 1.61 bits per heavy atom. The largest absolute Gasteiger partial charge is 0.762 e. The molecule has 31 heavy (non-hydrogen) atoms. The Hall–Kier alpha value is -1.63. The fourth-order valence-corrected chi connectivity index (χ4v) is 3.84. The molecule has 0 spiro atoms. The summed E-state index contributed by atoms with van der Waals surface area (Å²) in [5, 5.41) is 17.2. The quantitative estimate of drug-likeness (QED) is 0.0514. The van der Waals surface area contributed by atoms with Crippen molar-refractivity contribution < 1.29 is 14.0 Å². The summed E-state index contributed by atoms with van der Waals surface area (Å²) in [5.41, 5.74) is -0.478. The topological polar surface area (TPSA) is 72.4 Å². The molecule has 0 saturated carbocycles. The smallest absolute Gasteiger partial charge is 0.355 e. The van der Waals surface area contributed by atoms with Crippen LogP contribution in [-0.2, 0) is 9.53 Å². The van der Waals surface area contributed by atoms with Crippen molar-refractivity contribution in [1.29, 1.82) is 5.26 Å². The Labute approximate surface area is 191 Å². The van der Waals surface area contributed by atoms with Crippen LogP contribution in [0.2, 0.25) is 0 Å². The predicted octanol–water partition coefficient (Wildman–Crippen LogP) is 6.56. The van der Waals surface area contributed by atoms with Crippen LogP contribution in [0.3, 0.4) is 0 Å². The summed E-state index contributed by atoms with van der Waals surface area (Å²) in [7, 11) is 4.51. The van der Waals surface area contributed by atoms with Crippen LogP contribution in [0.25, 0.3) is 5.41 Å². The minimum atomic E-state index is -0.804. The molecule has 0 atom stereocenters. The monoisotopic (exact) mass is 433 g/mol. The SMILES string of the molecule is CCCCCCCCCCCCCCCC[N+](C)(C)CCCCOC(=O)C(=C=[N-])C#N. The first kappa shape index (κ1) is 29.4. The molecule has 5 nitrogen and oxygen atoms in total. The normalized spacial score (nSPS) is 11.0. The lowest BCUT2D eigenvalue weighted by Crippen LogP contribution is -2.41. The summed E-state index contributed by atoms with van der Waals surface area (Å²) in [4.78, 5) is 11.4. The molecule has 0 fully saturated rings. The van der Waals surface area contributed by atoms with Crippen molar-refractivity contribution in [2.45, 2.75) is 110 Å². The molecule has 0 aromatic carbocycles. The highest BCUT2D eigenvalue weighted by molar-refractivity contribution is 6.02. The van der Waals surface area contributed by atoms with E-state index in [1.807, 2.05) is 0 Å². The molecule has 178 valence electrons. The number of rotatable bonds is 21. The van der Waals surface area contributed by atoms with Gasteiger partial charge in [-0.3, -0.25) is 0 Å². The zero-order valence-electron chi connectivity index (χ0n) is 20.6. The highest BCUT2D eigenvalue weighted by atomic mass is 16.5. The molecule has 0 bridgehead atoms. The van der Waals surface area contributed by atoms with Crippen LogP contribution in [-0.4, -0.2) is 50.1 Å². The molecule has 0 amide bonds. The van der Waals surface area contributed by atoms with E-state index in [1.54, 1.807) is 11.9 Å². The minimum Gasteiger partial charge on any atom is -0.762 e. The third kappa shape index (κ3) is 18.8. The van der Waals surface area contributed by atoms with Crippen LogP contribution in [0.5, 0.6) is 0 Å². The number of quaternary nitrogens is 1. The number of nitrogens with zero attached hydrogens (tertiary/aromatic N) is 3. The van der Waals surface area contributed by atoms with Gasteiger partial charge >= 0.3 is 5.97 Å². The summed E-state index contributed by atoms with van der Waals surface area (Å²) in [6, 6.07) is 1.55. The molecule has 0 aliphatic rings. The maximum absolute atomic E-state index is 11.4. The van der Waals surface area contributed by atoms with Gasteiger partial charge in [-0.1, -0.05) is 84.0 Å². The van der Waals surface area contributed by atoms with Crippen LogP contribution >= 0.6 is 0 Å². The van der Waals surface area contributed by atoms with E-state index < -0.39 is 11.5 Å². The molecule has 0 aromatic heterocycles. The first-order chi connectivity index (χ1) is 15.0. The van der Waals surface area contributed by atoms with Crippen LogP contribution in [0.15, 0.2) is 5.57 Å². The van der Waals surface area contributed by atoms with Crippen LogP contribution in [0, 0.1) is 11.3 Å². The van der Waals surface area contributed by atoms with Gasteiger partial charge < -0.3 is 14.6 Å². The third-order valence-corrected chi connectivity index (χ3v) is 5.94. The van der Waals surface area contributed by atoms with E-state index in [0.717, 1.165) is 23.9 Å². The van der Waals surface area contributed by atoms with E-state index in [-0.39, 0.29) is 6.61 Å². The predicted molar refractivity (Wildman–Crippen MR) is 130 cm³/mol. The van der Waals surface area contributed by atoms with Gasteiger partial charge in [0.1, 0.15) is 6.07 Å². The second-order valence-electron chi connectivity index (χ2n) is 9.42. The van der Waals surface area contributed by atoms with Gasteiger partial charge in [-0.2, -0.15) is 5.26 Å². The maximum Gasteiger partial charge on any atom is 0.355 e. The molecule has 0 radical (unpaired) electrons. The van der Waals surface area contributed by atoms with Gasteiger partial charge in [-0.25, -0.2) is 10.7 Å². The Balaban J connectivity index is 3.49. The van der Waals surface area contributed by atoms with E-state index in [1.165, 1.54) is 96.4 Å². The standard InChI is InChI=1S/C26H47N3O2/c1-4-5-6-7-8-9-10-11-12-13-14-15-16-17-20-29(2,3)21-18-19-22-31-26(30)25(23-27)24-28/h4-22H2,1-3H3. The van der Waals surface area contributed by atoms with Crippen molar-refractivity contribution in [3.05, 3.63) is 11.0 Å². The van der Waals surface area contributed by atoms with Gasteiger partial charge in [0, 0.05) is 0 Å². The number of ether oxygens (including phenoxy) is 1. The van der Waals surface area contributed by atoms with Gasteiger partial charge in [0.15, 0.2) is 5.57 Å². The fraction of sp³-hybridized carbons (Fsp3) is 0.846. The molecule has 0 saturated heterocycles. The van der Waals surface area contributed by atoms with Crippen molar-refractivity contribution in [2.75, 3.05) is 33.8 Å². The van der Waals surface area contributed by atoms with Gasteiger partial charge in [0.2, 0.25) is 0 Å². The molecule has 0 N–H and O–H groups in total. The number of nitriles is 1. The number of hydrogen-bond donors (Lipinski definition) is 0. The lowest BCUT2D eigenvalue weighted by Gasteiger charge is -2.30. The molecule has 0 aliphatic carbocycles. The lowest BCUT2D eigenvalue weighted by atomic mass is 10.0. The van der Waals surface area contributed by atoms with Crippen molar-refractivity contribution in [3.8, 4) is 6.07 Å². The average Bonchev–Trinajstić information content (AvgIpc) is 2.74. The Morgan fingerprint density at radius 2 is 1.19 bits per heavy atom. The fourth-order valence-electron chi connectivity index (χ4n) is 3.84. The second-order valence-corrected chi connectivity index (χ2v) is 9.42. The first-order valence-corrected chi connectivity index (χ1v) is 12.6. The van der Waals surface area contributed by atoms with E-state index in [9.17, 15) is 4.79 Å². The Bertz CT molecular complexity index is 545. The highest BCUT2D eigenvalue weighted by Crippen LogP contribution is 2.14. The Morgan fingerprint density at radius 1 is 0.774 bits per heavy atom. The number of carbonyl (C=O) groups is 1. The summed E-state index contributed by atoms with van der Waals surface area (Å²) in [5.74, 6) is 0.750. The van der Waals surface area contributed by atoms with Crippen LogP contribution in [0.1, 0.15) is 110 Å². The van der Waals surface area contributed by atoms with E-state index in [2.05, 4.69) is 21.0 Å². The van der Waals surface area contributed by atoms with Gasteiger partial charge in [0.25, 0.3) is 0 Å². The number of esters is 1. The van der Waals surface area contributed by atoms with Crippen molar-refractivity contribution >= 4 is 11.8 Å². The third-order valence-electron chi connectivity index (χ3n) is 5.94. The average molecular weight is 434 g/mol. The van der Waals surface area contributed by atoms with Gasteiger partial charge in [0.05, 0.1) is 33.8 Å². The van der Waals surface area contributed by atoms with E-state index >= 15 is 0 Å². The first-order valence-electron chi connectivity index (χ1n) is 12.6. The van der Waals surface area contributed by atoms with Crippen LogP contribution < -0.4 is 0 Å². The zero-order valence-corrected chi connectivity index (χ0v) is 20.6. The minimum absolute atomic E-state index is 0.268. The number of carbonyl (C=O) groups excluding carboxylic acids is 1.